The Morgan fingerprint density at radius 2 is 1.36 bits per heavy atom. The molecule has 0 saturated carbocycles. The first-order chi connectivity index (χ1) is 12.0. The summed E-state index contributed by atoms with van der Waals surface area (Å²) >= 11 is 0. The number of hydrogen-bond acceptors (Lipinski definition) is 6. The predicted molar refractivity (Wildman–Crippen MR) is 90.8 cm³/mol. The molecule has 0 aliphatic carbocycles. The van der Waals surface area contributed by atoms with Crippen LogP contribution in [0.1, 0.15) is 28.9 Å². The van der Waals surface area contributed by atoms with E-state index in [1.807, 2.05) is 0 Å². The summed E-state index contributed by atoms with van der Waals surface area (Å²) < 4.78 is 15.3. The summed E-state index contributed by atoms with van der Waals surface area (Å²) in [4.78, 5) is 24.0. The molecule has 132 valence electrons. The molecule has 0 bridgehead atoms. The number of hydrogen-bond donors (Lipinski definition) is 1. The van der Waals surface area contributed by atoms with Gasteiger partial charge in [0.25, 0.3) is 0 Å². The predicted octanol–water partition coefficient (Wildman–Crippen LogP) is 2.55. The Morgan fingerprint density at radius 3 is 1.80 bits per heavy atom. The molecule has 2 aromatic rings. The lowest BCUT2D eigenvalue weighted by molar-refractivity contribution is -0.151. The molecule has 6 nitrogen and oxygen atoms in total. The lowest BCUT2D eigenvalue weighted by Gasteiger charge is -2.22. The molecular formula is C19H20O6. The van der Waals surface area contributed by atoms with Crippen molar-refractivity contribution in [3.05, 3.63) is 59.7 Å². The van der Waals surface area contributed by atoms with Gasteiger partial charge >= 0.3 is 5.97 Å². The zero-order valence-corrected chi connectivity index (χ0v) is 14.3. The monoisotopic (exact) mass is 344 g/mol. The summed E-state index contributed by atoms with van der Waals surface area (Å²) in [6, 6.07) is 12.9. The lowest BCUT2D eigenvalue weighted by atomic mass is 9.97. The van der Waals surface area contributed by atoms with Crippen molar-refractivity contribution in [1.29, 1.82) is 0 Å². The number of esters is 1. The number of ketones is 1. The smallest absolute Gasteiger partial charge is 0.303 e. The Balaban J connectivity index is 2.28. The van der Waals surface area contributed by atoms with Gasteiger partial charge in [0.05, 0.1) is 14.2 Å². The van der Waals surface area contributed by atoms with E-state index < -0.39 is 24.0 Å². The van der Waals surface area contributed by atoms with E-state index in [1.165, 1.54) is 21.1 Å². The lowest BCUT2D eigenvalue weighted by Crippen LogP contribution is -2.31. The Kier molecular flexibility index (Phi) is 6.14. The second-order valence-corrected chi connectivity index (χ2v) is 5.34. The fourth-order valence-corrected chi connectivity index (χ4v) is 2.35. The summed E-state index contributed by atoms with van der Waals surface area (Å²) in [5.74, 6) is 0.0612. The van der Waals surface area contributed by atoms with Crippen molar-refractivity contribution in [3.63, 3.8) is 0 Å². The van der Waals surface area contributed by atoms with Crippen molar-refractivity contribution < 1.29 is 28.9 Å². The number of Topliss-reactive ketones (excluding diaryl/α,β-unsaturated/α-hetero) is 1. The molecule has 25 heavy (non-hydrogen) atoms. The molecule has 0 radical (unpaired) electrons. The van der Waals surface area contributed by atoms with Crippen molar-refractivity contribution in [3.8, 4) is 11.5 Å². The maximum atomic E-state index is 12.6. The van der Waals surface area contributed by atoms with Gasteiger partial charge in [0, 0.05) is 12.5 Å². The van der Waals surface area contributed by atoms with Crippen LogP contribution in [0.4, 0.5) is 0 Å². The van der Waals surface area contributed by atoms with Crippen molar-refractivity contribution >= 4 is 11.8 Å². The molecule has 1 N–H and O–H groups in total. The SMILES string of the molecule is COc1ccc(C(=O)C(O)C(OC(C)=O)c2ccc(OC)cc2)cc1. The number of aliphatic hydroxyl groups is 1. The first-order valence-electron chi connectivity index (χ1n) is 7.63. The highest BCUT2D eigenvalue weighted by Gasteiger charge is 2.31. The van der Waals surface area contributed by atoms with Crippen molar-refractivity contribution in [2.45, 2.75) is 19.1 Å². The van der Waals surface area contributed by atoms with Crippen LogP contribution in [0.5, 0.6) is 11.5 Å². The highest BCUT2D eigenvalue weighted by Crippen LogP contribution is 2.26. The average molecular weight is 344 g/mol. The van der Waals surface area contributed by atoms with Gasteiger partial charge in [-0.3, -0.25) is 9.59 Å². The van der Waals surface area contributed by atoms with Gasteiger partial charge in [-0.2, -0.15) is 0 Å². The number of benzene rings is 2. The quantitative estimate of drug-likeness (QED) is 0.614. The van der Waals surface area contributed by atoms with Gasteiger partial charge in [-0.05, 0) is 42.0 Å². The van der Waals surface area contributed by atoms with E-state index in [1.54, 1.807) is 48.5 Å². The third-order valence-corrected chi connectivity index (χ3v) is 3.67. The minimum Gasteiger partial charge on any atom is -0.497 e. The molecule has 6 heteroatoms. The van der Waals surface area contributed by atoms with Crippen LogP contribution in [-0.4, -0.2) is 37.2 Å². The highest BCUT2D eigenvalue weighted by atomic mass is 16.6. The van der Waals surface area contributed by atoms with Crippen LogP contribution >= 0.6 is 0 Å². The second-order valence-electron chi connectivity index (χ2n) is 5.34. The first kappa shape index (κ1) is 18.5. The number of methoxy groups -OCH3 is 2. The molecule has 0 heterocycles. The van der Waals surface area contributed by atoms with E-state index in [9.17, 15) is 14.7 Å². The molecule has 2 unspecified atom stereocenters. The van der Waals surface area contributed by atoms with Crippen LogP contribution in [-0.2, 0) is 9.53 Å². The van der Waals surface area contributed by atoms with Gasteiger partial charge in [0.15, 0.2) is 18.0 Å². The van der Waals surface area contributed by atoms with Crippen LogP contribution in [0.15, 0.2) is 48.5 Å². The van der Waals surface area contributed by atoms with E-state index in [0.717, 1.165) is 0 Å². The van der Waals surface area contributed by atoms with Crippen LogP contribution in [0.3, 0.4) is 0 Å². The number of carbonyl (C=O) groups excluding carboxylic acids is 2. The van der Waals surface area contributed by atoms with Gasteiger partial charge < -0.3 is 19.3 Å². The van der Waals surface area contributed by atoms with E-state index in [0.29, 0.717) is 22.6 Å². The number of ether oxygens (including phenoxy) is 3. The van der Waals surface area contributed by atoms with Crippen LogP contribution in [0.25, 0.3) is 0 Å². The van der Waals surface area contributed by atoms with Crippen LogP contribution in [0.2, 0.25) is 0 Å². The van der Waals surface area contributed by atoms with Gasteiger partial charge in [-0.15, -0.1) is 0 Å². The molecule has 2 aromatic carbocycles. The average Bonchev–Trinajstić information content (AvgIpc) is 2.65. The molecule has 2 atom stereocenters. The number of rotatable bonds is 7. The molecule has 0 fully saturated rings. The molecule has 0 aliphatic heterocycles. The van der Waals surface area contributed by atoms with Gasteiger partial charge in [-0.1, -0.05) is 12.1 Å². The molecule has 0 aliphatic rings. The minimum absolute atomic E-state index is 0.291. The van der Waals surface area contributed by atoms with E-state index in [4.69, 9.17) is 14.2 Å². The molecular weight excluding hydrogens is 324 g/mol. The summed E-state index contributed by atoms with van der Waals surface area (Å²) in [6.07, 6.45) is -2.65. The van der Waals surface area contributed by atoms with Crippen LogP contribution in [0, 0.1) is 0 Å². The van der Waals surface area contributed by atoms with E-state index in [-0.39, 0.29) is 0 Å². The van der Waals surface area contributed by atoms with Gasteiger partial charge in [0.1, 0.15) is 11.5 Å². The molecule has 0 spiro atoms. The normalized spacial score (nSPS) is 12.8. The maximum absolute atomic E-state index is 12.6. The van der Waals surface area contributed by atoms with Gasteiger partial charge in [-0.25, -0.2) is 0 Å². The number of carbonyl (C=O) groups is 2. The molecule has 2 rings (SSSR count). The Labute approximate surface area is 146 Å². The Bertz CT molecular complexity index is 721. The highest BCUT2D eigenvalue weighted by molar-refractivity contribution is 6.00. The summed E-state index contributed by atoms with van der Waals surface area (Å²) in [6.45, 7) is 1.22. The number of aliphatic hydroxyl groups excluding tert-OH is 1. The third kappa shape index (κ3) is 4.58. The first-order valence-corrected chi connectivity index (χ1v) is 7.63. The van der Waals surface area contributed by atoms with Crippen molar-refractivity contribution in [1.82, 2.24) is 0 Å². The fraction of sp³-hybridized carbons (Fsp3) is 0.263. The maximum Gasteiger partial charge on any atom is 0.303 e. The molecule has 0 saturated heterocycles. The Morgan fingerprint density at radius 1 is 0.880 bits per heavy atom. The molecule has 0 amide bonds. The van der Waals surface area contributed by atoms with E-state index in [2.05, 4.69) is 0 Å². The zero-order chi connectivity index (χ0) is 18.4. The fourth-order valence-electron chi connectivity index (χ4n) is 2.35. The van der Waals surface area contributed by atoms with Gasteiger partial charge in [0.2, 0.25) is 0 Å². The topological polar surface area (TPSA) is 82.1 Å². The summed E-state index contributed by atoms with van der Waals surface area (Å²) in [5, 5.41) is 10.5. The largest absolute Gasteiger partial charge is 0.497 e. The third-order valence-electron chi connectivity index (χ3n) is 3.67. The van der Waals surface area contributed by atoms with E-state index >= 15 is 0 Å². The minimum atomic E-state index is -1.54. The van der Waals surface area contributed by atoms with Crippen molar-refractivity contribution in [2.24, 2.45) is 0 Å². The van der Waals surface area contributed by atoms with Crippen molar-refractivity contribution in [2.75, 3.05) is 14.2 Å². The molecule has 0 aromatic heterocycles. The summed E-state index contributed by atoms with van der Waals surface area (Å²) in [5.41, 5.74) is 0.782. The summed E-state index contributed by atoms with van der Waals surface area (Å²) in [7, 11) is 3.05. The standard InChI is InChI=1S/C19H20O6/c1-12(20)25-19(14-6-10-16(24-3)11-7-14)18(22)17(21)13-4-8-15(23-2)9-5-13/h4-11,18-19,22H,1-3H3. The second kappa shape index (κ2) is 8.30. The van der Waals surface area contributed by atoms with Crippen LogP contribution < -0.4 is 9.47 Å². The zero-order valence-electron chi connectivity index (χ0n) is 14.3. The Hall–Kier alpha value is -2.86.